The largest absolute Gasteiger partial charge is 0.466 e. The Bertz CT molecular complexity index is 477. The van der Waals surface area contributed by atoms with Crippen molar-refractivity contribution in [3.8, 4) is 0 Å². The molecule has 0 aromatic carbocycles. The predicted molar refractivity (Wildman–Crippen MR) is 72.4 cm³/mol. The van der Waals surface area contributed by atoms with Crippen LogP contribution in [0.4, 0.5) is 0 Å². The molecule has 6 nitrogen and oxygen atoms in total. The Balaban J connectivity index is 2.87. The molecule has 0 radical (unpaired) electrons. The number of nitrogens with two attached hydrogens (primary N) is 1. The van der Waals surface area contributed by atoms with Crippen LogP contribution in [0.1, 0.15) is 42.1 Å². The molecule has 0 aliphatic carbocycles. The van der Waals surface area contributed by atoms with E-state index < -0.39 is 0 Å². The zero-order valence-corrected chi connectivity index (χ0v) is 11.8. The van der Waals surface area contributed by atoms with E-state index >= 15 is 0 Å². The van der Waals surface area contributed by atoms with Gasteiger partial charge in [-0.1, -0.05) is 5.16 Å². The second-order valence-electron chi connectivity index (χ2n) is 4.76. The first-order valence-corrected chi connectivity index (χ1v) is 6.21. The number of aryl methyl sites for hydroxylation is 2. The molecule has 0 atom stereocenters. The highest BCUT2D eigenvalue weighted by Crippen LogP contribution is 2.17. The van der Waals surface area contributed by atoms with E-state index in [0.29, 0.717) is 30.0 Å². The van der Waals surface area contributed by atoms with Crippen LogP contribution < -0.4 is 5.73 Å². The Kier molecular flexibility index (Phi) is 4.97. The van der Waals surface area contributed by atoms with Gasteiger partial charge in [0.1, 0.15) is 17.4 Å². The van der Waals surface area contributed by atoms with Crippen molar-refractivity contribution in [3.05, 3.63) is 23.2 Å². The highest BCUT2D eigenvalue weighted by Gasteiger charge is 2.22. The van der Waals surface area contributed by atoms with Gasteiger partial charge in [-0.25, -0.2) is 0 Å². The summed E-state index contributed by atoms with van der Waals surface area (Å²) in [5, 5.41) is 11.4. The molecule has 0 aliphatic rings. The van der Waals surface area contributed by atoms with Crippen molar-refractivity contribution < 1.29 is 14.4 Å². The maximum Gasteiger partial charge on any atom is 0.257 e. The molecule has 106 valence electrons. The van der Waals surface area contributed by atoms with Gasteiger partial charge in [-0.15, -0.1) is 0 Å². The number of hydrogen-bond acceptors (Lipinski definition) is 4. The topological polar surface area (TPSA) is 92.1 Å². The van der Waals surface area contributed by atoms with Crippen LogP contribution in [0.5, 0.6) is 0 Å². The van der Waals surface area contributed by atoms with Gasteiger partial charge in [0.15, 0.2) is 0 Å². The van der Waals surface area contributed by atoms with E-state index in [-0.39, 0.29) is 17.8 Å². The Hall–Kier alpha value is -1.98. The fraction of sp³-hybridized carbons (Fsp3) is 0.538. The molecule has 6 heteroatoms. The van der Waals surface area contributed by atoms with E-state index in [9.17, 15) is 4.79 Å². The summed E-state index contributed by atoms with van der Waals surface area (Å²) < 4.78 is 5.38. The molecule has 1 aromatic heterocycles. The molecule has 19 heavy (non-hydrogen) atoms. The summed E-state index contributed by atoms with van der Waals surface area (Å²) in [6.45, 7) is 7.82. The van der Waals surface area contributed by atoms with Gasteiger partial charge in [0.25, 0.3) is 5.91 Å². The average molecular weight is 267 g/mol. The van der Waals surface area contributed by atoms with Gasteiger partial charge in [0.2, 0.25) is 0 Å². The first-order chi connectivity index (χ1) is 8.86. The summed E-state index contributed by atoms with van der Waals surface area (Å²) in [4.78, 5) is 14.1. The molecule has 1 rings (SSSR count). The normalized spacial score (nSPS) is 11.9. The van der Waals surface area contributed by atoms with Crippen molar-refractivity contribution in [1.82, 2.24) is 4.90 Å². The number of nitrogens with zero attached hydrogens (tertiary/aromatic N) is 2. The number of rotatable bonds is 5. The van der Waals surface area contributed by atoms with Crippen molar-refractivity contribution >= 4 is 11.7 Å². The minimum atomic E-state index is -0.102. The molecular weight excluding hydrogens is 246 g/mol. The Morgan fingerprint density at radius 3 is 2.58 bits per heavy atom. The third-order valence-corrected chi connectivity index (χ3v) is 2.89. The summed E-state index contributed by atoms with van der Waals surface area (Å²) in [5.74, 6) is 1.33. The number of amidine groups is 1. The monoisotopic (exact) mass is 267 g/mol. The average Bonchev–Trinajstić information content (AvgIpc) is 2.67. The van der Waals surface area contributed by atoms with E-state index in [2.05, 4.69) is 5.16 Å². The number of carbonyl (C=O) groups is 1. The van der Waals surface area contributed by atoms with Crippen molar-refractivity contribution in [2.75, 3.05) is 6.54 Å². The van der Waals surface area contributed by atoms with Crippen molar-refractivity contribution in [2.24, 2.45) is 10.9 Å². The third kappa shape index (κ3) is 3.74. The second kappa shape index (κ2) is 6.26. The van der Waals surface area contributed by atoms with Crippen LogP contribution in [0.2, 0.25) is 0 Å². The lowest BCUT2D eigenvalue weighted by molar-refractivity contribution is 0.0709. The van der Waals surface area contributed by atoms with Crippen LogP contribution in [0.3, 0.4) is 0 Å². The molecule has 0 spiro atoms. The lowest BCUT2D eigenvalue weighted by Gasteiger charge is -2.26. The van der Waals surface area contributed by atoms with Crippen molar-refractivity contribution in [2.45, 2.75) is 40.2 Å². The van der Waals surface area contributed by atoms with Crippen LogP contribution in [0.15, 0.2) is 15.6 Å². The Labute approximate surface area is 112 Å². The lowest BCUT2D eigenvalue weighted by atomic mass is 10.1. The molecule has 0 saturated heterocycles. The van der Waals surface area contributed by atoms with Gasteiger partial charge in [-0.05, 0) is 33.8 Å². The highest BCUT2D eigenvalue weighted by atomic mass is 16.4. The third-order valence-electron chi connectivity index (χ3n) is 2.89. The predicted octanol–water partition coefficient (Wildman–Crippen LogP) is 1.88. The molecule has 0 unspecified atom stereocenters. The van der Waals surface area contributed by atoms with E-state index in [4.69, 9.17) is 15.4 Å². The Morgan fingerprint density at radius 1 is 1.53 bits per heavy atom. The summed E-state index contributed by atoms with van der Waals surface area (Å²) >= 11 is 0. The maximum absolute atomic E-state index is 12.4. The van der Waals surface area contributed by atoms with Crippen LogP contribution in [0.25, 0.3) is 0 Å². The molecule has 0 bridgehead atoms. The first-order valence-electron chi connectivity index (χ1n) is 6.21. The van der Waals surface area contributed by atoms with Crippen LogP contribution in [0, 0.1) is 13.8 Å². The van der Waals surface area contributed by atoms with Crippen molar-refractivity contribution in [1.29, 1.82) is 0 Å². The number of hydrogen-bond donors (Lipinski definition) is 2. The van der Waals surface area contributed by atoms with Crippen LogP contribution in [-0.2, 0) is 0 Å². The van der Waals surface area contributed by atoms with Crippen molar-refractivity contribution in [3.63, 3.8) is 0 Å². The molecule has 1 heterocycles. The fourth-order valence-corrected chi connectivity index (χ4v) is 1.88. The minimum Gasteiger partial charge on any atom is -0.466 e. The molecular formula is C13H21N3O3. The zero-order valence-electron chi connectivity index (χ0n) is 11.8. The van der Waals surface area contributed by atoms with Gasteiger partial charge < -0.3 is 20.3 Å². The van der Waals surface area contributed by atoms with Crippen LogP contribution in [-0.4, -0.2) is 34.4 Å². The molecule has 3 N–H and O–H groups in total. The van der Waals surface area contributed by atoms with Gasteiger partial charge in [-0.2, -0.15) is 0 Å². The van der Waals surface area contributed by atoms with E-state index in [0.717, 1.165) is 0 Å². The highest BCUT2D eigenvalue weighted by molar-refractivity contribution is 5.95. The van der Waals surface area contributed by atoms with E-state index in [1.165, 1.54) is 0 Å². The lowest BCUT2D eigenvalue weighted by Crippen LogP contribution is -2.39. The molecule has 0 saturated carbocycles. The maximum atomic E-state index is 12.4. The molecule has 1 amide bonds. The number of furan rings is 1. The summed E-state index contributed by atoms with van der Waals surface area (Å²) in [5.41, 5.74) is 6.00. The first kappa shape index (κ1) is 15.1. The number of oxime groups is 1. The molecule has 0 aliphatic heterocycles. The van der Waals surface area contributed by atoms with Crippen LogP contribution >= 0.6 is 0 Å². The van der Waals surface area contributed by atoms with Gasteiger partial charge >= 0.3 is 0 Å². The quantitative estimate of drug-likeness (QED) is 0.369. The number of amides is 1. The summed E-state index contributed by atoms with van der Waals surface area (Å²) in [6, 6.07) is 1.75. The zero-order chi connectivity index (χ0) is 14.6. The fourth-order valence-electron chi connectivity index (χ4n) is 1.88. The van der Waals surface area contributed by atoms with Gasteiger partial charge in [0, 0.05) is 19.0 Å². The van der Waals surface area contributed by atoms with E-state index in [1.54, 1.807) is 24.8 Å². The summed E-state index contributed by atoms with van der Waals surface area (Å²) in [7, 11) is 0. The Morgan fingerprint density at radius 2 is 2.16 bits per heavy atom. The number of carbonyl (C=O) groups excluding carboxylic acids is 1. The smallest absolute Gasteiger partial charge is 0.257 e. The second-order valence-corrected chi connectivity index (χ2v) is 4.76. The van der Waals surface area contributed by atoms with Gasteiger partial charge in [0.05, 0.1) is 5.56 Å². The standard InChI is InChI=1S/C13H21N3O3/c1-8(2)16(6-5-12(14)15-18)13(17)11-7-9(3)19-10(11)4/h7-8,18H,5-6H2,1-4H3,(H2,14,15). The van der Waals surface area contributed by atoms with E-state index in [1.807, 2.05) is 13.8 Å². The molecule has 1 aromatic rings. The van der Waals surface area contributed by atoms with Gasteiger partial charge in [-0.3, -0.25) is 4.79 Å². The summed E-state index contributed by atoms with van der Waals surface area (Å²) in [6.07, 6.45) is 0.330. The SMILES string of the molecule is Cc1cc(C(=O)N(CC/C(N)=N/O)C(C)C)c(C)o1. The minimum absolute atomic E-state index is 0.0219. The molecule has 0 fully saturated rings.